The van der Waals surface area contributed by atoms with Crippen molar-refractivity contribution < 1.29 is 193 Å². The van der Waals surface area contributed by atoms with Crippen LogP contribution >= 0.6 is 0 Å². The third kappa shape index (κ3) is 20.6. The first kappa shape index (κ1) is 90.5. The molecule has 11 heterocycles. The van der Waals surface area contributed by atoms with Crippen LogP contribution in [0.5, 0.6) is 0 Å². The highest BCUT2D eigenvalue weighted by Crippen LogP contribution is 2.44. The highest BCUT2D eigenvalue weighted by Gasteiger charge is 2.66. The van der Waals surface area contributed by atoms with Gasteiger partial charge in [-0.25, -0.2) is 64.9 Å². The molecule has 20 atom stereocenters. The van der Waals surface area contributed by atoms with Gasteiger partial charge in [-0.3, -0.25) is 0 Å². The van der Waals surface area contributed by atoms with Crippen LogP contribution in [0.1, 0.15) is 118 Å². The molecule has 0 radical (unpaired) electrons. The molecular formula is C69H87F7O34S. The Morgan fingerprint density at radius 2 is 0.901 bits per heavy atom. The first-order valence-electron chi connectivity index (χ1n) is 33.8. The van der Waals surface area contributed by atoms with E-state index in [2.05, 4.69) is 29.7 Å². The Morgan fingerprint density at radius 3 is 1.39 bits per heavy atom. The average Bonchev–Trinajstić information content (AvgIpc) is 1.66. The number of halogens is 7. The van der Waals surface area contributed by atoms with Crippen LogP contribution in [0.15, 0.2) is 72.8 Å². The normalized spacial score (nSPS) is 37.5. The van der Waals surface area contributed by atoms with Crippen molar-refractivity contribution in [2.75, 3.05) is 46.2 Å². The quantitative estimate of drug-likeness (QED) is 0.0633. The lowest BCUT2D eigenvalue weighted by Crippen LogP contribution is -2.60. The van der Waals surface area contributed by atoms with Crippen molar-refractivity contribution in [1.82, 2.24) is 0 Å². The maximum Gasteiger partial charge on any atom is 0.523 e. The summed E-state index contributed by atoms with van der Waals surface area (Å²) in [4.78, 5) is 103. The molecule has 11 saturated heterocycles. The molecule has 13 rings (SSSR count). The number of rotatable bonds is 8. The molecule has 11 aliphatic rings. The number of fused-ring (bicyclic) bond motifs is 4. The minimum absolute atomic E-state index is 0.0619. The average molecular weight is 1630 g/mol. The first-order chi connectivity index (χ1) is 50.8. The smallest absolute Gasteiger partial charge is 0.461 e. The van der Waals surface area contributed by atoms with E-state index in [9.17, 15) is 87.4 Å². The van der Waals surface area contributed by atoms with E-state index in [0.717, 1.165) is 34.6 Å². The number of aliphatic hydroxyl groups is 5. The summed E-state index contributed by atoms with van der Waals surface area (Å²) < 4.78 is 205. The molecule has 2 aromatic carbocycles. The maximum atomic E-state index is 14.8. The van der Waals surface area contributed by atoms with E-state index in [1.54, 1.807) is 76.2 Å². The third-order valence-corrected chi connectivity index (χ3v) is 19.0. The lowest BCUT2D eigenvalue weighted by Gasteiger charge is -2.37. The van der Waals surface area contributed by atoms with Crippen molar-refractivity contribution in [3.63, 3.8) is 0 Å². The Kier molecular flexibility index (Phi) is 27.2. The molecule has 0 aromatic heterocycles. The Labute approximate surface area is 629 Å². The zero-order valence-electron chi connectivity index (χ0n) is 62.1. The molecule has 2 aromatic rings. The van der Waals surface area contributed by atoms with Crippen molar-refractivity contribution >= 4 is 63.8 Å². The van der Waals surface area contributed by atoms with E-state index in [4.69, 9.17) is 82.0 Å². The predicted octanol–water partition coefficient (Wildman–Crippen LogP) is 2.62. The fourth-order valence-corrected chi connectivity index (χ4v) is 12.7. The Bertz CT molecular complexity index is 3810. The second-order valence-corrected chi connectivity index (χ2v) is 30.7. The third-order valence-electron chi connectivity index (χ3n) is 17.9. The number of hydrogen-bond acceptors (Lipinski definition) is 34. The number of benzene rings is 2. The summed E-state index contributed by atoms with van der Waals surface area (Å²) in [6.07, 6.45) is -13.7. The number of esters is 9. The van der Waals surface area contributed by atoms with Crippen molar-refractivity contribution in [3.8, 4) is 0 Å². The molecule has 34 nitrogen and oxygen atoms in total. The molecule has 111 heavy (non-hydrogen) atoms. The van der Waals surface area contributed by atoms with Gasteiger partial charge in [-0.1, -0.05) is 43.0 Å². The number of alkyl halides is 7. The molecule has 0 saturated carbocycles. The largest absolute Gasteiger partial charge is 0.523 e. The lowest BCUT2D eigenvalue weighted by atomic mass is 9.93. The van der Waals surface area contributed by atoms with Crippen LogP contribution in [0, 0.1) is 0 Å². The number of hydrogen-bond donors (Lipinski definition) is 5. The van der Waals surface area contributed by atoms with Crippen LogP contribution in [0.3, 0.4) is 0 Å². The van der Waals surface area contributed by atoms with Crippen molar-refractivity contribution in [3.05, 3.63) is 83.9 Å². The highest BCUT2D eigenvalue weighted by atomic mass is 32.2. The molecule has 11 fully saturated rings. The SMILES string of the molecule is C=C1C(=O)OC[C@H]2OC(C)(C)OC12.CC1(C)OC2[C@@H](COC(=O)[C@@]2(C)O)O1.CC1(C)OC2[C@@H](COC(=O)[C@@]2(C)OS(=O)(=O)C(F)(F)F)O1.CC1(C)OC2[C@@H](COC(=O)[C@]2(C)F)O1.C[C@]1(F)C(=O)OC[C@@H](O)C1O.C[C@]1(F)C(=O)O[C@H](CO)[C@H]1O.C[C@]1(F)C(=O)O[C@H](COC(=O)c2ccccc2)[C@H]1OC(=O)c1ccccc1. The van der Waals surface area contributed by atoms with Crippen LogP contribution in [-0.4, -0.2) is 282 Å². The topological polar surface area (TPSA) is 455 Å². The minimum Gasteiger partial charge on any atom is -0.461 e. The van der Waals surface area contributed by atoms with Gasteiger partial charge in [0, 0.05) is 0 Å². The number of aliphatic hydroxyl groups excluding tert-OH is 4. The van der Waals surface area contributed by atoms with Gasteiger partial charge in [0.25, 0.3) is 0 Å². The maximum absolute atomic E-state index is 14.8. The van der Waals surface area contributed by atoms with Gasteiger partial charge in [0.15, 0.2) is 47.1 Å². The summed E-state index contributed by atoms with van der Waals surface area (Å²) >= 11 is 0. The van der Waals surface area contributed by atoms with Gasteiger partial charge in [-0.2, -0.15) is 21.6 Å². The lowest BCUT2D eigenvalue weighted by molar-refractivity contribution is -0.196. The van der Waals surface area contributed by atoms with Crippen molar-refractivity contribution in [2.45, 2.75) is 245 Å². The molecule has 0 aliphatic carbocycles. The van der Waals surface area contributed by atoms with Crippen LogP contribution in [0.25, 0.3) is 0 Å². The zero-order chi connectivity index (χ0) is 83.8. The summed E-state index contributed by atoms with van der Waals surface area (Å²) in [6, 6.07) is 16.1. The summed E-state index contributed by atoms with van der Waals surface area (Å²) in [7, 11) is -6.00. The zero-order valence-corrected chi connectivity index (χ0v) is 63.0. The Balaban J connectivity index is 0.000000185. The van der Waals surface area contributed by atoms with E-state index in [1.165, 1.54) is 32.9 Å². The van der Waals surface area contributed by atoms with Gasteiger partial charge in [-0.05, 0) is 121 Å². The molecule has 0 spiro atoms. The Hall–Kier alpha value is -7.69. The monoisotopic (exact) mass is 1620 g/mol. The summed E-state index contributed by atoms with van der Waals surface area (Å²) in [6.45, 7) is 22.1. The molecule has 5 N–H and O–H groups in total. The number of cyclic esters (lactones) is 7. The summed E-state index contributed by atoms with van der Waals surface area (Å²) in [5, 5.41) is 45.2. The standard InChI is InChI=1S/C20H17FO6.C10H13F3O7S.C9H13FO4.C9H14O5.C9H12O4.2C6H9FO4/c1-20(21)16(27-18(23)14-10-6-3-7-11-14)15(26-19(20)24)12-25-17(22)13-8-4-2-5-9-13;1-8(2)18-5-4-17-7(14)9(3,6(5)19-8)20-21(15,16)10(11,12)13;1-8(2)13-5-4-12-7(11)9(3,10)6(5)14-8;1-8(2)13-5-4-12-7(10)9(3,11)6(5)14-8;1-5-7-6(4-11-8(5)10)12-9(2,3)13-7;1-6(7)4(9)3(8)2-11-5(6)10;1-6(7)4(9)3(2-8)11-5(6)10/h2-11,15-16H,12H2,1H3;5-6H,4H2,1-3H3;5-6H,4H2,1-3H3;5-6,11H,4H2,1-3H3;6-7H,1,4H2,2-3H3;2*3-4,8-9H,2H2,1H3/t15-,16-,20-;5-,6?,9+;5-,6?,9-;5-,6?,9+;6-,7?;3-,4?,6-;3-,4-,6-/m1111111/s1. The van der Waals surface area contributed by atoms with Crippen LogP contribution in [-0.2, 0) is 128 Å². The van der Waals surface area contributed by atoms with Gasteiger partial charge in [-0.15, -0.1) is 0 Å². The summed E-state index contributed by atoms with van der Waals surface area (Å²) in [5.41, 5.74) is -18.5. The highest BCUT2D eigenvalue weighted by molar-refractivity contribution is 7.87. The van der Waals surface area contributed by atoms with Gasteiger partial charge in [0.2, 0.25) is 28.3 Å². The van der Waals surface area contributed by atoms with E-state index >= 15 is 0 Å². The van der Waals surface area contributed by atoms with E-state index in [0.29, 0.717) is 11.1 Å². The Morgan fingerprint density at radius 1 is 0.495 bits per heavy atom. The summed E-state index contributed by atoms with van der Waals surface area (Å²) in [5.74, 6) is -11.5. The van der Waals surface area contributed by atoms with Crippen molar-refractivity contribution in [1.29, 1.82) is 0 Å². The second kappa shape index (κ2) is 33.4. The van der Waals surface area contributed by atoms with E-state index in [1.807, 2.05) is 13.8 Å². The molecule has 0 bridgehead atoms. The van der Waals surface area contributed by atoms with E-state index in [-0.39, 0.29) is 62.9 Å². The van der Waals surface area contributed by atoms with Crippen LogP contribution in [0.2, 0.25) is 0 Å². The number of carbonyl (C=O) groups is 9. The predicted molar refractivity (Wildman–Crippen MR) is 350 cm³/mol. The van der Waals surface area contributed by atoms with Gasteiger partial charge >= 0.3 is 69.4 Å². The van der Waals surface area contributed by atoms with E-state index < -0.39 is 201 Å². The first-order valence-corrected chi connectivity index (χ1v) is 35.2. The fourth-order valence-electron chi connectivity index (χ4n) is 12.0. The molecule has 11 aliphatic heterocycles. The number of carbonyl (C=O) groups excluding carboxylic acids is 9. The van der Waals surface area contributed by atoms with Gasteiger partial charge in [0.1, 0.15) is 107 Å². The number of ether oxygens (including phenoxy) is 17. The molecule has 42 heteroatoms. The molecular weight excluding hydrogens is 1540 g/mol. The molecule has 0 amide bonds. The minimum atomic E-state index is -6.00. The van der Waals surface area contributed by atoms with Crippen LogP contribution in [0.4, 0.5) is 30.7 Å². The van der Waals surface area contributed by atoms with Crippen molar-refractivity contribution in [2.24, 2.45) is 0 Å². The molecule has 622 valence electrons. The van der Waals surface area contributed by atoms with Crippen LogP contribution < -0.4 is 0 Å². The van der Waals surface area contributed by atoms with Gasteiger partial charge < -0.3 is 106 Å². The molecule has 5 unspecified atom stereocenters. The second-order valence-electron chi connectivity index (χ2n) is 29.1. The fraction of sp³-hybridized carbons (Fsp3) is 0.667. The van der Waals surface area contributed by atoms with Gasteiger partial charge in [0.05, 0.1) is 23.3 Å².